The van der Waals surface area contributed by atoms with E-state index in [1.54, 1.807) is 0 Å². The molecule has 0 saturated carbocycles. The number of rotatable bonds is 4. The minimum Gasteiger partial charge on any atom is -0.505 e. The molecule has 0 radical (unpaired) electrons. The van der Waals surface area contributed by atoms with Gasteiger partial charge in [0.15, 0.2) is 0 Å². The number of para-hydroxylation sites is 1. The number of pyridine rings is 2. The highest BCUT2D eigenvalue weighted by Crippen LogP contribution is 2.40. The summed E-state index contributed by atoms with van der Waals surface area (Å²) in [5, 5.41) is 14.1. The normalized spacial score (nSPS) is 12.2. The maximum atomic E-state index is 10.9. The lowest BCUT2D eigenvalue weighted by atomic mass is 9.84. The Balaban J connectivity index is 1.57. The molecule has 0 spiro atoms. The smallest absolute Gasteiger partial charge is 0.220 e. The van der Waals surface area contributed by atoms with Gasteiger partial charge in [0.2, 0.25) is 5.88 Å². The van der Waals surface area contributed by atoms with Crippen LogP contribution in [0.4, 0.5) is 0 Å². The van der Waals surface area contributed by atoms with Gasteiger partial charge in [-0.2, -0.15) is 0 Å². The van der Waals surface area contributed by atoms with Crippen molar-refractivity contribution >= 4 is 32.7 Å². The third-order valence-corrected chi connectivity index (χ3v) is 7.45. The summed E-state index contributed by atoms with van der Waals surface area (Å²) in [5.74, 6) is 2.53. The van der Waals surface area contributed by atoms with Gasteiger partial charge < -0.3 is 9.84 Å². The molecule has 0 aliphatic carbocycles. The summed E-state index contributed by atoms with van der Waals surface area (Å²) in [4.78, 5) is 9.46. The van der Waals surface area contributed by atoms with Crippen molar-refractivity contribution in [1.29, 1.82) is 0 Å². The van der Waals surface area contributed by atoms with Gasteiger partial charge in [0.25, 0.3) is 0 Å². The van der Waals surface area contributed by atoms with Gasteiger partial charge in [0.05, 0.1) is 11.0 Å². The lowest BCUT2D eigenvalue weighted by molar-refractivity contribution is 0.456. The summed E-state index contributed by atoms with van der Waals surface area (Å²) in [5.41, 5.74) is 5.71. The maximum absolute atomic E-state index is 10.9. The van der Waals surface area contributed by atoms with Gasteiger partial charge in [-0.05, 0) is 59.2 Å². The number of hydrogen-bond acceptors (Lipinski definition) is 4. The van der Waals surface area contributed by atoms with E-state index in [1.165, 1.54) is 10.9 Å². The van der Waals surface area contributed by atoms with Crippen LogP contribution in [0.1, 0.15) is 57.2 Å². The molecular weight excluding hydrogens is 482 g/mol. The molecule has 39 heavy (non-hydrogen) atoms. The average Bonchev–Trinajstić information content (AvgIpc) is 3.24. The predicted octanol–water partition coefficient (Wildman–Crippen LogP) is 8.95. The Labute approximate surface area is 228 Å². The van der Waals surface area contributed by atoms with E-state index in [0.717, 1.165) is 38.8 Å². The van der Waals surface area contributed by atoms with Gasteiger partial charge in [-0.1, -0.05) is 71.0 Å². The van der Waals surface area contributed by atoms with Crippen LogP contribution in [0.15, 0.2) is 79.0 Å². The number of phenolic OH excluding ortho intramolecular Hbond substituents is 1. The molecule has 0 bridgehead atoms. The first-order valence-electron chi connectivity index (χ1n) is 13.4. The molecule has 3 aromatic carbocycles. The number of fused-ring (bicyclic) bond motifs is 4. The van der Waals surface area contributed by atoms with Gasteiger partial charge in [-0.25, -0.2) is 9.97 Å². The number of hydrogen-bond donors (Lipinski definition) is 1. The summed E-state index contributed by atoms with van der Waals surface area (Å²) in [6.45, 7) is 12.8. The zero-order valence-electron chi connectivity index (χ0n) is 23.3. The van der Waals surface area contributed by atoms with Crippen LogP contribution in [0.2, 0.25) is 0 Å². The Bertz CT molecular complexity index is 1860. The van der Waals surface area contributed by atoms with Crippen LogP contribution in [0.3, 0.4) is 0 Å². The minimum absolute atomic E-state index is 0.163. The predicted molar refractivity (Wildman–Crippen MR) is 160 cm³/mol. The maximum Gasteiger partial charge on any atom is 0.220 e. The molecule has 0 saturated heterocycles. The fraction of sp³-hybridized carbons (Fsp3) is 0.235. The standard InChI is InChI=1S/C34H33N3O2/c1-20(2)23-10-9-11-25-24-16-14-22(18-28(24)37(32(23)25)29-12-7-8-17-35-29)39-30-19-27(34(4,5)6)26-15-13-21(3)33(38)31(26)36-30/h7-20,38H,1-6H3. The highest BCUT2D eigenvalue weighted by Gasteiger charge is 2.22. The van der Waals surface area contributed by atoms with E-state index in [9.17, 15) is 5.11 Å². The van der Waals surface area contributed by atoms with Crippen LogP contribution in [0.25, 0.3) is 38.5 Å². The molecule has 196 valence electrons. The average molecular weight is 516 g/mol. The van der Waals surface area contributed by atoms with E-state index < -0.39 is 0 Å². The monoisotopic (exact) mass is 515 g/mol. The number of phenols is 1. The highest BCUT2D eigenvalue weighted by molar-refractivity contribution is 6.10. The largest absolute Gasteiger partial charge is 0.505 e. The summed E-state index contributed by atoms with van der Waals surface area (Å²) in [6.07, 6.45) is 1.83. The number of nitrogens with zero attached hydrogens (tertiary/aromatic N) is 3. The summed E-state index contributed by atoms with van der Waals surface area (Å²) < 4.78 is 8.67. The van der Waals surface area contributed by atoms with Gasteiger partial charge in [0, 0.05) is 34.5 Å². The quantitative estimate of drug-likeness (QED) is 0.254. The van der Waals surface area contributed by atoms with E-state index in [1.807, 2.05) is 55.6 Å². The van der Waals surface area contributed by atoms with Crippen molar-refractivity contribution in [2.45, 2.75) is 52.9 Å². The second kappa shape index (κ2) is 9.12. The first-order chi connectivity index (χ1) is 18.6. The van der Waals surface area contributed by atoms with Crippen molar-refractivity contribution in [3.05, 3.63) is 95.7 Å². The molecule has 3 heterocycles. The molecule has 5 nitrogen and oxygen atoms in total. The molecule has 6 rings (SSSR count). The summed E-state index contributed by atoms with van der Waals surface area (Å²) in [7, 11) is 0. The van der Waals surface area contributed by atoms with E-state index >= 15 is 0 Å². The summed E-state index contributed by atoms with van der Waals surface area (Å²) >= 11 is 0. The molecule has 5 heteroatoms. The molecule has 0 aliphatic heterocycles. The lowest BCUT2D eigenvalue weighted by Crippen LogP contribution is -2.12. The SMILES string of the molecule is Cc1ccc2c(C(C)(C)C)cc(Oc3ccc4c5cccc(C(C)C)c5n(-c5ccccn5)c4c3)nc2c1O. The molecule has 0 amide bonds. The number of ether oxygens (including phenoxy) is 1. The van der Waals surface area contributed by atoms with Crippen molar-refractivity contribution in [2.75, 3.05) is 0 Å². The Morgan fingerprint density at radius 2 is 1.67 bits per heavy atom. The van der Waals surface area contributed by atoms with Crippen LogP contribution in [-0.4, -0.2) is 19.6 Å². The van der Waals surface area contributed by atoms with Crippen molar-refractivity contribution in [2.24, 2.45) is 0 Å². The number of aryl methyl sites for hydroxylation is 1. The van der Waals surface area contributed by atoms with E-state index in [4.69, 9.17) is 14.7 Å². The number of aromatic hydroxyl groups is 1. The molecule has 6 aromatic rings. The topological polar surface area (TPSA) is 60.2 Å². The zero-order chi connectivity index (χ0) is 27.5. The fourth-order valence-corrected chi connectivity index (χ4v) is 5.47. The van der Waals surface area contributed by atoms with Crippen molar-refractivity contribution in [3.8, 4) is 23.2 Å². The molecule has 0 unspecified atom stereocenters. The number of benzene rings is 3. The molecule has 3 aromatic heterocycles. The molecule has 0 aliphatic rings. The molecule has 0 fully saturated rings. The minimum atomic E-state index is -0.163. The molecule has 1 N–H and O–H groups in total. The van der Waals surface area contributed by atoms with Crippen LogP contribution in [-0.2, 0) is 5.41 Å². The number of aromatic nitrogens is 3. The van der Waals surface area contributed by atoms with E-state index in [2.05, 4.69) is 69.5 Å². The van der Waals surface area contributed by atoms with Crippen LogP contribution >= 0.6 is 0 Å². The van der Waals surface area contributed by atoms with Crippen molar-refractivity contribution in [1.82, 2.24) is 14.5 Å². The van der Waals surface area contributed by atoms with Gasteiger partial charge in [0.1, 0.15) is 22.8 Å². The Kier molecular flexibility index (Phi) is 5.83. The van der Waals surface area contributed by atoms with Crippen molar-refractivity contribution < 1.29 is 9.84 Å². The Morgan fingerprint density at radius 1 is 0.872 bits per heavy atom. The third-order valence-electron chi connectivity index (χ3n) is 7.45. The highest BCUT2D eigenvalue weighted by atomic mass is 16.5. The molecule has 0 atom stereocenters. The third kappa shape index (κ3) is 4.19. The van der Waals surface area contributed by atoms with Crippen molar-refractivity contribution in [3.63, 3.8) is 0 Å². The second-order valence-corrected chi connectivity index (χ2v) is 11.6. The zero-order valence-corrected chi connectivity index (χ0v) is 23.3. The Hall–Kier alpha value is -4.38. The van der Waals surface area contributed by atoms with Gasteiger partial charge in [-0.15, -0.1) is 0 Å². The van der Waals surface area contributed by atoms with E-state index in [-0.39, 0.29) is 11.2 Å². The van der Waals surface area contributed by atoms with Crippen LogP contribution < -0.4 is 4.74 Å². The second-order valence-electron chi connectivity index (χ2n) is 11.6. The first kappa shape index (κ1) is 24.9. The van der Waals surface area contributed by atoms with Gasteiger partial charge in [-0.3, -0.25) is 4.57 Å². The summed E-state index contributed by atoms with van der Waals surface area (Å²) in [6, 6.07) is 24.6. The molecular formula is C34H33N3O2. The fourth-order valence-electron chi connectivity index (χ4n) is 5.47. The van der Waals surface area contributed by atoms with Crippen LogP contribution in [0, 0.1) is 6.92 Å². The first-order valence-corrected chi connectivity index (χ1v) is 13.4. The lowest BCUT2D eigenvalue weighted by Gasteiger charge is -2.22. The van der Waals surface area contributed by atoms with Crippen LogP contribution in [0.5, 0.6) is 17.4 Å². The van der Waals surface area contributed by atoms with Gasteiger partial charge >= 0.3 is 0 Å². The van der Waals surface area contributed by atoms with E-state index in [0.29, 0.717) is 23.1 Å². The Morgan fingerprint density at radius 3 is 2.38 bits per heavy atom.